The van der Waals surface area contributed by atoms with Gasteiger partial charge in [-0.25, -0.2) is 4.98 Å². The third-order valence-electron chi connectivity index (χ3n) is 3.23. The number of nitrogens with zero attached hydrogens (tertiary/aromatic N) is 2. The van der Waals surface area contributed by atoms with Crippen LogP contribution in [0.3, 0.4) is 0 Å². The second kappa shape index (κ2) is 6.87. The molecule has 2 rings (SSSR count). The zero-order valence-corrected chi connectivity index (χ0v) is 13.6. The maximum atomic E-state index is 11.4. The average molecular weight is 308 g/mol. The Hall–Kier alpha value is -1.66. The highest BCUT2D eigenvalue weighted by atomic mass is 32.1. The Morgan fingerprint density at radius 3 is 2.95 bits per heavy atom. The molecule has 0 N–H and O–H groups in total. The van der Waals surface area contributed by atoms with Crippen molar-refractivity contribution in [2.24, 2.45) is 5.92 Å². The molecule has 0 radical (unpaired) electrons. The van der Waals surface area contributed by atoms with Gasteiger partial charge in [-0.2, -0.15) is 0 Å². The minimum Gasteiger partial charge on any atom is -0.469 e. The topological polar surface area (TPSA) is 55.6 Å². The first kappa shape index (κ1) is 15.7. The van der Waals surface area contributed by atoms with Crippen LogP contribution < -0.4 is 0 Å². The van der Waals surface area contributed by atoms with E-state index in [0.717, 1.165) is 16.3 Å². The van der Waals surface area contributed by atoms with E-state index >= 15 is 0 Å². The summed E-state index contributed by atoms with van der Waals surface area (Å²) in [4.78, 5) is 19.1. The van der Waals surface area contributed by atoms with Crippen LogP contribution in [-0.2, 0) is 16.1 Å². The number of ether oxygens (including phenoxy) is 1. The summed E-state index contributed by atoms with van der Waals surface area (Å²) in [6, 6.07) is 3.96. The van der Waals surface area contributed by atoms with E-state index in [4.69, 9.17) is 9.15 Å². The van der Waals surface area contributed by atoms with E-state index in [2.05, 4.69) is 4.98 Å². The number of rotatable bonds is 6. The lowest BCUT2D eigenvalue weighted by Gasteiger charge is -2.18. The van der Waals surface area contributed by atoms with E-state index in [1.165, 1.54) is 7.11 Å². The molecule has 0 spiro atoms. The summed E-state index contributed by atoms with van der Waals surface area (Å²) in [6.45, 7) is 5.03. The minimum atomic E-state index is -0.196. The first-order chi connectivity index (χ1) is 10.0. The van der Waals surface area contributed by atoms with Crippen molar-refractivity contribution in [3.8, 4) is 10.8 Å². The van der Waals surface area contributed by atoms with Gasteiger partial charge in [0.05, 0.1) is 23.6 Å². The first-order valence-electron chi connectivity index (χ1n) is 6.77. The molecule has 114 valence electrons. The summed E-state index contributed by atoms with van der Waals surface area (Å²) in [7, 11) is 3.37. The Morgan fingerprint density at radius 1 is 1.57 bits per heavy atom. The molecule has 0 fully saturated rings. The SMILES string of the molecule is COC(=O)C(C)CN(C)Cc1nc(-c2cccs2)oc1C. The molecule has 0 aromatic carbocycles. The minimum absolute atomic E-state index is 0.163. The largest absolute Gasteiger partial charge is 0.469 e. The highest BCUT2D eigenvalue weighted by Gasteiger charge is 2.18. The third-order valence-corrected chi connectivity index (χ3v) is 4.09. The van der Waals surface area contributed by atoms with Crippen LogP contribution in [0.5, 0.6) is 0 Å². The van der Waals surface area contributed by atoms with Gasteiger partial charge in [0.2, 0.25) is 5.89 Å². The molecule has 21 heavy (non-hydrogen) atoms. The zero-order chi connectivity index (χ0) is 15.4. The Morgan fingerprint density at radius 2 is 2.33 bits per heavy atom. The molecule has 0 aliphatic carbocycles. The van der Waals surface area contributed by atoms with Gasteiger partial charge in [0.1, 0.15) is 5.76 Å². The molecule has 0 bridgehead atoms. The summed E-state index contributed by atoms with van der Waals surface area (Å²) in [5.74, 6) is 1.12. The molecule has 2 heterocycles. The van der Waals surface area contributed by atoms with Crippen LogP contribution in [0.4, 0.5) is 0 Å². The number of methoxy groups -OCH3 is 1. The molecule has 2 aromatic rings. The van der Waals surface area contributed by atoms with Crippen molar-refractivity contribution < 1.29 is 13.9 Å². The van der Waals surface area contributed by atoms with E-state index in [1.807, 2.05) is 43.3 Å². The molecule has 2 aromatic heterocycles. The molecule has 5 nitrogen and oxygen atoms in total. The zero-order valence-electron chi connectivity index (χ0n) is 12.8. The monoisotopic (exact) mass is 308 g/mol. The van der Waals surface area contributed by atoms with E-state index in [0.29, 0.717) is 19.0 Å². The predicted octanol–water partition coefficient (Wildman–Crippen LogP) is 2.95. The van der Waals surface area contributed by atoms with E-state index < -0.39 is 0 Å². The fraction of sp³-hybridized carbons (Fsp3) is 0.467. The van der Waals surface area contributed by atoms with Gasteiger partial charge in [0, 0.05) is 13.1 Å². The fourth-order valence-electron chi connectivity index (χ4n) is 2.14. The standard InChI is InChI=1S/C15H20N2O3S/c1-10(15(18)19-4)8-17(3)9-12-11(2)20-14(16-12)13-6-5-7-21-13/h5-7,10H,8-9H2,1-4H3. The number of oxazole rings is 1. The van der Waals surface area contributed by atoms with Gasteiger partial charge >= 0.3 is 5.97 Å². The van der Waals surface area contributed by atoms with Gasteiger partial charge in [-0.15, -0.1) is 11.3 Å². The number of esters is 1. The lowest BCUT2D eigenvalue weighted by molar-refractivity contribution is -0.145. The van der Waals surface area contributed by atoms with Crippen molar-refractivity contribution in [1.29, 1.82) is 0 Å². The van der Waals surface area contributed by atoms with Crippen LogP contribution in [0.15, 0.2) is 21.9 Å². The molecule has 0 aliphatic rings. The quantitative estimate of drug-likeness (QED) is 0.768. The molecule has 1 unspecified atom stereocenters. The molecule has 1 atom stereocenters. The van der Waals surface area contributed by atoms with Crippen LogP contribution in [0, 0.1) is 12.8 Å². The highest BCUT2D eigenvalue weighted by molar-refractivity contribution is 7.13. The molecular weight excluding hydrogens is 288 g/mol. The lowest BCUT2D eigenvalue weighted by atomic mass is 10.1. The van der Waals surface area contributed by atoms with Crippen molar-refractivity contribution in [1.82, 2.24) is 9.88 Å². The second-order valence-corrected chi connectivity index (χ2v) is 6.07. The van der Waals surface area contributed by atoms with Crippen molar-refractivity contribution in [2.75, 3.05) is 20.7 Å². The van der Waals surface area contributed by atoms with Gasteiger partial charge in [-0.1, -0.05) is 13.0 Å². The van der Waals surface area contributed by atoms with Crippen LogP contribution >= 0.6 is 11.3 Å². The highest BCUT2D eigenvalue weighted by Crippen LogP contribution is 2.26. The third kappa shape index (κ3) is 3.92. The molecule has 0 aliphatic heterocycles. The van der Waals surface area contributed by atoms with Gasteiger partial charge in [0.25, 0.3) is 0 Å². The molecule has 0 saturated carbocycles. The van der Waals surface area contributed by atoms with Crippen LogP contribution in [0.1, 0.15) is 18.4 Å². The number of hydrogen-bond acceptors (Lipinski definition) is 6. The van der Waals surface area contributed by atoms with Crippen LogP contribution in [0.25, 0.3) is 10.8 Å². The maximum Gasteiger partial charge on any atom is 0.309 e. The van der Waals surface area contributed by atoms with Crippen LogP contribution in [-0.4, -0.2) is 36.6 Å². The predicted molar refractivity (Wildman–Crippen MR) is 82.1 cm³/mol. The average Bonchev–Trinajstić information content (AvgIpc) is 3.08. The van der Waals surface area contributed by atoms with E-state index in [1.54, 1.807) is 11.3 Å². The lowest BCUT2D eigenvalue weighted by Crippen LogP contribution is -2.29. The number of carbonyl (C=O) groups is 1. The normalized spacial score (nSPS) is 12.6. The van der Waals surface area contributed by atoms with Crippen molar-refractivity contribution in [2.45, 2.75) is 20.4 Å². The molecule has 6 heteroatoms. The summed E-state index contributed by atoms with van der Waals surface area (Å²) in [6.07, 6.45) is 0. The van der Waals surface area contributed by atoms with Gasteiger partial charge in [-0.05, 0) is 25.4 Å². The van der Waals surface area contributed by atoms with Crippen LogP contribution in [0.2, 0.25) is 0 Å². The summed E-state index contributed by atoms with van der Waals surface area (Å²) in [5, 5.41) is 2.00. The number of thiophene rings is 1. The van der Waals surface area contributed by atoms with Gasteiger partial charge < -0.3 is 9.15 Å². The Kier molecular flexibility index (Phi) is 5.14. The number of hydrogen-bond donors (Lipinski definition) is 0. The first-order valence-corrected chi connectivity index (χ1v) is 7.65. The van der Waals surface area contributed by atoms with E-state index in [9.17, 15) is 4.79 Å². The Labute approximate surface area is 128 Å². The van der Waals surface area contributed by atoms with Crippen molar-refractivity contribution in [3.63, 3.8) is 0 Å². The number of aryl methyl sites for hydroxylation is 1. The van der Waals surface area contributed by atoms with Gasteiger partial charge in [-0.3, -0.25) is 9.69 Å². The summed E-state index contributed by atoms with van der Waals surface area (Å²) in [5.41, 5.74) is 0.901. The fourth-order valence-corrected chi connectivity index (χ4v) is 2.79. The second-order valence-electron chi connectivity index (χ2n) is 5.12. The molecule has 0 amide bonds. The van der Waals surface area contributed by atoms with Gasteiger partial charge in [0.15, 0.2) is 0 Å². The maximum absolute atomic E-state index is 11.4. The number of aromatic nitrogens is 1. The number of carbonyl (C=O) groups excluding carboxylic acids is 1. The Bertz CT molecular complexity index is 592. The molecule has 0 saturated heterocycles. The van der Waals surface area contributed by atoms with Crippen molar-refractivity contribution >= 4 is 17.3 Å². The Balaban J connectivity index is 2.01. The smallest absolute Gasteiger partial charge is 0.309 e. The molecular formula is C15H20N2O3S. The summed E-state index contributed by atoms with van der Waals surface area (Å²) >= 11 is 1.60. The van der Waals surface area contributed by atoms with E-state index in [-0.39, 0.29) is 11.9 Å². The summed E-state index contributed by atoms with van der Waals surface area (Å²) < 4.78 is 10.5. The van der Waals surface area contributed by atoms with Crippen molar-refractivity contribution in [3.05, 3.63) is 29.0 Å².